The highest BCUT2D eigenvalue weighted by molar-refractivity contribution is 6.17. The fourth-order valence-corrected chi connectivity index (χ4v) is 5.57. The first kappa shape index (κ1) is 33.3. The largest absolute Gasteiger partial charge is 0.459 e. The van der Waals surface area contributed by atoms with E-state index >= 15 is 0 Å². The van der Waals surface area contributed by atoms with Gasteiger partial charge in [-0.3, -0.25) is 28.8 Å². The number of amides is 4. The predicted molar refractivity (Wildman–Crippen MR) is 157 cm³/mol. The first-order valence-electron chi connectivity index (χ1n) is 14.5. The number of alkyl halides is 3. The molecule has 2 aromatic carbocycles. The van der Waals surface area contributed by atoms with Crippen molar-refractivity contribution in [2.24, 2.45) is 0 Å². The Kier molecular flexibility index (Phi) is 8.45. The van der Waals surface area contributed by atoms with Gasteiger partial charge in [0.2, 0.25) is 5.91 Å². The Bertz CT molecular complexity index is 1760. The van der Waals surface area contributed by atoms with Gasteiger partial charge in [0, 0.05) is 30.3 Å². The highest BCUT2D eigenvalue weighted by atomic mass is 19.4. The number of carbonyl (C=O) groups excluding carboxylic acids is 5. The van der Waals surface area contributed by atoms with Crippen molar-refractivity contribution in [1.29, 1.82) is 0 Å². The Morgan fingerprint density at radius 3 is 2.36 bits per heavy atom. The molecule has 5 rings (SSSR count). The quantitative estimate of drug-likeness (QED) is 0.217. The first-order chi connectivity index (χ1) is 21.9. The van der Waals surface area contributed by atoms with Gasteiger partial charge in [0.1, 0.15) is 30.5 Å². The standard InChI is InChI=1S/C32H31F4N5O6/c1-18(32(34,35)36)40(14-19-5-8-22(33)9-6-19)26(43)16-41-28(45)31(38-29(41)46)12-25(42)23-11-20(7-10-24(23)31)21-13-37-39(15-21)17-27(44)47-30(2,3)4/h5-11,13,15,18H,12,14,16-17H2,1-4H3,(H,38,46)/t18-,31-/m0/s1. The number of nitrogens with one attached hydrogen (secondary N) is 1. The molecule has 4 amide bonds. The number of fused-ring (bicyclic) bond motifs is 2. The van der Waals surface area contributed by atoms with Gasteiger partial charge >= 0.3 is 18.2 Å². The van der Waals surface area contributed by atoms with E-state index < -0.39 is 78.3 Å². The van der Waals surface area contributed by atoms with Crippen molar-refractivity contribution in [3.8, 4) is 11.1 Å². The number of rotatable bonds is 8. The van der Waals surface area contributed by atoms with Crippen LogP contribution in [0.2, 0.25) is 0 Å². The van der Waals surface area contributed by atoms with E-state index in [9.17, 15) is 41.5 Å². The number of esters is 1. The maximum atomic E-state index is 13.7. The third-order valence-electron chi connectivity index (χ3n) is 7.88. The summed E-state index contributed by atoms with van der Waals surface area (Å²) in [6.45, 7) is 4.24. The van der Waals surface area contributed by atoms with Crippen molar-refractivity contribution < 1.29 is 46.3 Å². The number of nitrogens with zero attached hydrogens (tertiary/aromatic N) is 4. The van der Waals surface area contributed by atoms with Gasteiger partial charge in [0.25, 0.3) is 5.91 Å². The minimum atomic E-state index is -4.84. The molecule has 1 N–H and O–H groups in total. The predicted octanol–water partition coefficient (Wildman–Crippen LogP) is 4.34. The number of halogens is 4. The van der Waals surface area contributed by atoms with Crippen LogP contribution in [0, 0.1) is 5.82 Å². The van der Waals surface area contributed by atoms with Crippen LogP contribution in [0.5, 0.6) is 0 Å². The second kappa shape index (κ2) is 11.9. The zero-order valence-corrected chi connectivity index (χ0v) is 25.9. The number of imide groups is 1. The number of ether oxygens (including phenoxy) is 1. The highest BCUT2D eigenvalue weighted by Crippen LogP contribution is 2.43. The number of ketones is 1. The van der Waals surface area contributed by atoms with Crippen molar-refractivity contribution in [2.45, 2.75) is 70.6 Å². The van der Waals surface area contributed by atoms with E-state index in [1.165, 1.54) is 35.1 Å². The van der Waals surface area contributed by atoms with Gasteiger partial charge in [-0.25, -0.2) is 9.18 Å². The van der Waals surface area contributed by atoms with Gasteiger partial charge in [-0.1, -0.05) is 24.3 Å². The first-order valence-corrected chi connectivity index (χ1v) is 14.5. The molecule has 248 valence electrons. The van der Waals surface area contributed by atoms with Crippen LogP contribution in [0.1, 0.15) is 55.6 Å². The number of urea groups is 1. The molecule has 47 heavy (non-hydrogen) atoms. The Morgan fingerprint density at radius 1 is 1.04 bits per heavy atom. The second-order valence-corrected chi connectivity index (χ2v) is 12.5. The van der Waals surface area contributed by atoms with E-state index in [1.807, 2.05) is 0 Å². The maximum Gasteiger partial charge on any atom is 0.408 e. The van der Waals surface area contributed by atoms with Gasteiger partial charge < -0.3 is 15.0 Å². The van der Waals surface area contributed by atoms with Gasteiger partial charge in [0.05, 0.1) is 6.20 Å². The summed E-state index contributed by atoms with van der Waals surface area (Å²) in [4.78, 5) is 66.4. The topological polar surface area (TPSA) is 131 Å². The monoisotopic (exact) mass is 657 g/mol. The molecule has 2 atom stereocenters. The molecular weight excluding hydrogens is 626 g/mol. The Hall–Kier alpha value is -5.08. The molecule has 1 aliphatic heterocycles. The van der Waals surface area contributed by atoms with Crippen LogP contribution in [-0.2, 0) is 37.7 Å². The molecule has 0 radical (unpaired) electrons. The van der Waals surface area contributed by atoms with Crippen LogP contribution >= 0.6 is 0 Å². The molecule has 3 aromatic rings. The molecule has 0 unspecified atom stereocenters. The van der Waals surface area contributed by atoms with Crippen LogP contribution in [0.3, 0.4) is 0 Å². The van der Waals surface area contributed by atoms with Crippen LogP contribution in [0.4, 0.5) is 22.4 Å². The van der Waals surface area contributed by atoms with Crippen LogP contribution < -0.4 is 5.32 Å². The molecule has 1 saturated heterocycles. The lowest BCUT2D eigenvalue weighted by Crippen LogP contribution is -2.51. The number of hydrogen-bond donors (Lipinski definition) is 1. The average Bonchev–Trinajstić information content (AvgIpc) is 3.61. The normalized spacial score (nSPS) is 18.4. The molecule has 2 aliphatic rings. The maximum absolute atomic E-state index is 13.7. The SMILES string of the molecule is C[C@H](N(Cc1ccc(F)cc1)C(=O)CN1C(=O)N[C@]2(CC(=O)c3cc(-c4cnn(CC(=O)OC(C)(C)C)c4)ccc32)C1=O)C(F)(F)F. The second-order valence-electron chi connectivity index (χ2n) is 12.5. The molecule has 1 fully saturated rings. The molecule has 1 aromatic heterocycles. The van der Waals surface area contributed by atoms with Gasteiger partial charge in [-0.05, 0) is 62.6 Å². The number of aromatic nitrogens is 2. The van der Waals surface area contributed by atoms with Gasteiger partial charge in [0.15, 0.2) is 11.3 Å². The average molecular weight is 658 g/mol. The lowest BCUT2D eigenvalue weighted by molar-refractivity contribution is -0.187. The van der Waals surface area contributed by atoms with E-state index in [1.54, 1.807) is 33.0 Å². The zero-order valence-electron chi connectivity index (χ0n) is 25.9. The highest BCUT2D eigenvalue weighted by Gasteiger charge is 2.58. The molecular formula is C32H31F4N5O6. The summed E-state index contributed by atoms with van der Waals surface area (Å²) in [7, 11) is 0. The summed E-state index contributed by atoms with van der Waals surface area (Å²) in [5, 5.41) is 6.66. The Balaban J connectivity index is 1.36. The van der Waals surface area contributed by atoms with E-state index in [4.69, 9.17) is 4.74 Å². The number of carbonyl (C=O) groups is 5. The minimum absolute atomic E-state index is 0.132. The third kappa shape index (κ3) is 6.74. The van der Waals surface area contributed by atoms with Crippen LogP contribution in [0.25, 0.3) is 11.1 Å². The lowest BCUT2D eigenvalue weighted by atomic mass is 9.90. The van der Waals surface area contributed by atoms with Gasteiger partial charge in [-0.2, -0.15) is 18.3 Å². The van der Waals surface area contributed by atoms with Crippen molar-refractivity contribution in [3.05, 3.63) is 77.4 Å². The number of hydrogen-bond acceptors (Lipinski definition) is 7. The molecule has 15 heteroatoms. The van der Waals surface area contributed by atoms with Crippen molar-refractivity contribution >= 4 is 29.6 Å². The molecule has 1 aliphatic carbocycles. The number of Topliss-reactive ketones (excluding diaryl/α,β-unsaturated/α-hetero) is 1. The molecule has 1 spiro atoms. The summed E-state index contributed by atoms with van der Waals surface area (Å²) < 4.78 is 61.3. The molecule has 11 nitrogen and oxygen atoms in total. The summed E-state index contributed by atoms with van der Waals surface area (Å²) in [5.74, 6) is -3.73. The van der Waals surface area contributed by atoms with E-state index in [0.717, 1.165) is 19.1 Å². The van der Waals surface area contributed by atoms with E-state index in [2.05, 4.69) is 10.4 Å². The molecule has 0 bridgehead atoms. The van der Waals surface area contributed by atoms with Crippen molar-refractivity contribution in [3.63, 3.8) is 0 Å². The zero-order chi connectivity index (χ0) is 34.5. The fraction of sp³-hybridized carbons (Fsp3) is 0.375. The minimum Gasteiger partial charge on any atom is -0.459 e. The molecule has 0 saturated carbocycles. The van der Waals surface area contributed by atoms with Gasteiger partial charge in [-0.15, -0.1) is 0 Å². The lowest BCUT2D eigenvalue weighted by Gasteiger charge is -2.32. The molecule has 2 heterocycles. The van der Waals surface area contributed by atoms with E-state index in [0.29, 0.717) is 20.9 Å². The summed E-state index contributed by atoms with van der Waals surface area (Å²) in [6.07, 6.45) is -2.24. The van der Waals surface area contributed by atoms with Crippen molar-refractivity contribution in [1.82, 2.24) is 24.9 Å². The summed E-state index contributed by atoms with van der Waals surface area (Å²) in [5.41, 5.74) is -0.929. The summed E-state index contributed by atoms with van der Waals surface area (Å²) in [6, 6.07) is 5.78. The van der Waals surface area contributed by atoms with Crippen molar-refractivity contribution in [2.75, 3.05) is 6.54 Å². The fourth-order valence-electron chi connectivity index (χ4n) is 5.57. The smallest absolute Gasteiger partial charge is 0.408 e. The van der Waals surface area contributed by atoms with Crippen LogP contribution in [0.15, 0.2) is 54.9 Å². The third-order valence-corrected chi connectivity index (χ3v) is 7.88. The van der Waals surface area contributed by atoms with E-state index in [-0.39, 0.29) is 23.2 Å². The number of benzene rings is 2. The summed E-state index contributed by atoms with van der Waals surface area (Å²) >= 11 is 0. The van der Waals surface area contributed by atoms with Crippen LogP contribution in [-0.4, -0.2) is 73.5 Å². The Morgan fingerprint density at radius 2 is 1.72 bits per heavy atom. The Labute approximate surface area is 266 Å².